The number of hydrogen-bond donors (Lipinski definition) is 2. The van der Waals surface area contributed by atoms with E-state index in [0.29, 0.717) is 0 Å². The van der Waals surface area contributed by atoms with Crippen molar-refractivity contribution in [2.24, 2.45) is 0 Å². The molecule has 1 amide bonds. The van der Waals surface area contributed by atoms with Gasteiger partial charge < -0.3 is 19.9 Å². The van der Waals surface area contributed by atoms with Gasteiger partial charge in [0.05, 0.1) is 11.6 Å². The van der Waals surface area contributed by atoms with Crippen LogP contribution in [0, 0.1) is 0 Å². The fraction of sp³-hybridized carbons (Fsp3) is 0.533. The average molecular weight is 333 g/mol. The van der Waals surface area contributed by atoms with Gasteiger partial charge in [0.15, 0.2) is 0 Å². The molecule has 0 unspecified atom stereocenters. The Hall–Kier alpha value is -1.96. The summed E-state index contributed by atoms with van der Waals surface area (Å²) in [6, 6.07) is 2.01. The summed E-state index contributed by atoms with van der Waals surface area (Å²) in [6.45, 7) is 4.80. The fourth-order valence-corrected chi connectivity index (χ4v) is 2.18. The second-order valence-corrected chi connectivity index (χ2v) is 6.25. The second kappa shape index (κ2) is 5.92. The van der Waals surface area contributed by atoms with Crippen LogP contribution in [0.4, 0.5) is 18.0 Å². The van der Waals surface area contributed by atoms with Gasteiger partial charge in [0.2, 0.25) is 0 Å². The van der Waals surface area contributed by atoms with E-state index in [9.17, 15) is 23.1 Å². The number of aliphatic hydroxyl groups excluding tert-OH is 1. The molecule has 1 aliphatic heterocycles. The molecule has 8 heteroatoms. The number of alkyl carbamates (subject to hydrolysis) is 1. The highest BCUT2D eigenvalue weighted by Crippen LogP contribution is 2.38. The van der Waals surface area contributed by atoms with Crippen LogP contribution in [0.1, 0.15) is 37.9 Å². The number of rotatable bonds is 1. The second-order valence-electron chi connectivity index (χ2n) is 6.25. The quantitative estimate of drug-likeness (QED) is 0.829. The first-order chi connectivity index (χ1) is 10.5. The SMILES string of the molecule is CC(C)(C)OC(=O)N[C@H]1c2ccc(C(F)(F)F)cc2OC[C@H]1O. The number of hydrogen-bond acceptors (Lipinski definition) is 4. The minimum atomic E-state index is -4.50. The number of halogens is 3. The summed E-state index contributed by atoms with van der Waals surface area (Å²) in [5.74, 6) is -0.0221. The molecule has 0 spiro atoms. The summed E-state index contributed by atoms with van der Waals surface area (Å²) < 4.78 is 48.4. The molecule has 0 saturated carbocycles. The molecule has 23 heavy (non-hydrogen) atoms. The lowest BCUT2D eigenvalue weighted by molar-refractivity contribution is -0.137. The van der Waals surface area contributed by atoms with Gasteiger partial charge in [-0.15, -0.1) is 0 Å². The van der Waals surface area contributed by atoms with E-state index >= 15 is 0 Å². The Labute approximate surface area is 131 Å². The van der Waals surface area contributed by atoms with Crippen LogP contribution in [0.5, 0.6) is 5.75 Å². The van der Waals surface area contributed by atoms with Gasteiger partial charge in [-0.25, -0.2) is 4.79 Å². The molecule has 2 rings (SSSR count). The topological polar surface area (TPSA) is 67.8 Å². The van der Waals surface area contributed by atoms with Gasteiger partial charge in [-0.3, -0.25) is 0 Å². The van der Waals surface area contributed by atoms with Crippen molar-refractivity contribution in [2.75, 3.05) is 6.61 Å². The maximum absolute atomic E-state index is 12.7. The van der Waals surface area contributed by atoms with E-state index in [1.165, 1.54) is 6.07 Å². The first-order valence-electron chi connectivity index (χ1n) is 6.99. The first kappa shape index (κ1) is 17.4. The van der Waals surface area contributed by atoms with Gasteiger partial charge in [-0.05, 0) is 32.9 Å². The molecule has 1 aromatic rings. The van der Waals surface area contributed by atoms with Crippen LogP contribution in [0.3, 0.4) is 0 Å². The number of amides is 1. The van der Waals surface area contributed by atoms with Crippen LogP contribution in [-0.2, 0) is 10.9 Å². The number of fused-ring (bicyclic) bond motifs is 1. The van der Waals surface area contributed by atoms with Gasteiger partial charge in [-0.2, -0.15) is 13.2 Å². The Morgan fingerprint density at radius 1 is 1.35 bits per heavy atom. The summed E-state index contributed by atoms with van der Waals surface area (Å²) in [5, 5.41) is 12.4. The van der Waals surface area contributed by atoms with Crippen molar-refractivity contribution in [1.29, 1.82) is 0 Å². The molecular weight excluding hydrogens is 315 g/mol. The van der Waals surface area contributed by atoms with Crippen LogP contribution >= 0.6 is 0 Å². The van der Waals surface area contributed by atoms with Crippen LogP contribution in [-0.4, -0.2) is 29.5 Å². The van der Waals surface area contributed by atoms with E-state index < -0.39 is 35.6 Å². The predicted octanol–water partition coefficient (Wildman–Crippen LogP) is 3.02. The van der Waals surface area contributed by atoms with E-state index in [2.05, 4.69) is 5.32 Å². The van der Waals surface area contributed by atoms with E-state index in [1.807, 2.05) is 0 Å². The Kier molecular flexibility index (Phi) is 4.48. The number of aliphatic hydroxyl groups is 1. The highest BCUT2D eigenvalue weighted by Gasteiger charge is 2.36. The summed E-state index contributed by atoms with van der Waals surface area (Å²) in [6.07, 6.45) is -6.36. The van der Waals surface area contributed by atoms with Crippen molar-refractivity contribution < 1.29 is 32.5 Å². The molecule has 5 nitrogen and oxygen atoms in total. The van der Waals surface area contributed by atoms with Gasteiger partial charge in [-0.1, -0.05) is 6.07 Å². The molecule has 1 aliphatic rings. The summed E-state index contributed by atoms with van der Waals surface area (Å²) in [4.78, 5) is 11.8. The number of benzene rings is 1. The largest absolute Gasteiger partial charge is 0.490 e. The van der Waals surface area contributed by atoms with Gasteiger partial charge in [0.1, 0.15) is 24.1 Å². The number of carbonyl (C=O) groups is 1. The van der Waals surface area contributed by atoms with Gasteiger partial charge >= 0.3 is 12.3 Å². The predicted molar refractivity (Wildman–Crippen MR) is 75.1 cm³/mol. The zero-order valence-electron chi connectivity index (χ0n) is 12.9. The van der Waals surface area contributed by atoms with Crippen molar-refractivity contribution in [2.45, 2.75) is 44.7 Å². The Morgan fingerprint density at radius 3 is 2.57 bits per heavy atom. The van der Waals surface area contributed by atoms with E-state index in [4.69, 9.17) is 9.47 Å². The van der Waals surface area contributed by atoms with Crippen molar-refractivity contribution in [3.63, 3.8) is 0 Å². The monoisotopic (exact) mass is 333 g/mol. The normalized spacial score (nSPS) is 21.2. The molecule has 1 heterocycles. The average Bonchev–Trinajstić information content (AvgIpc) is 2.38. The summed E-state index contributed by atoms with van der Waals surface area (Å²) in [7, 11) is 0. The lowest BCUT2D eigenvalue weighted by Crippen LogP contribution is -2.43. The number of nitrogens with one attached hydrogen (secondary N) is 1. The Bertz CT molecular complexity index is 595. The fourth-order valence-electron chi connectivity index (χ4n) is 2.18. The highest BCUT2D eigenvalue weighted by molar-refractivity contribution is 5.69. The molecular formula is C15H18F3NO4. The van der Waals surface area contributed by atoms with E-state index in [1.54, 1.807) is 20.8 Å². The Morgan fingerprint density at radius 2 is 2.00 bits per heavy atom. The minimum Gasteiger partial charge on any atom is -0.490 e. The first-order valence-corrected chi connectivity index (χ1v) is 6.99. The maximum Gasteiger partial charge on any atom is 0.416 e. The lowest BCUT2D eigenvalue weighted by atomic mass is 9.97. The molecule has 1 aromatic carbocycles. The summed E-state index contributed by atoms with van der Waals surface area (Å²) in [5.41, 5.74) is -1.32. The molecule has 2 atom stereocenters. The van der Waals surface area contributed by atoms with Gasteiger partial charge in [0.25, 0.3) is 0 Å². The van der Waals surface area contributed by atoms with Crippen molar-refractivity contribution in [3.8, 4) is 5.75 Å². The molecule has 0 aromatic heterocycles. The third-order valence-corrected chi connectivity index (χ3v) is 3.14. The van der Waals surface area contributed by atoms with Crippen LogP contribution in [0.15, 0.2) is 18.2 Å². The third kappa shape index (κ3) is 4.28. The molecule has 0 fully saturated rings. The summed E-state index contributed by atoms with van der Waals surface area (Å²) >= 11 is 0. The molecule has 0 bridgehead atoms. The molecule has 128 valence electrons. The number of carbonyl (C=O) groups excluding carboxylic acids is 1. The minimum absolute atomic E-state index is 0.0221. The van der Waals surface area contributed by atoms with Gasteiger partial charge in [0, 0.05) is 5.56 Å². The maximum atomic E-state index is 12.7. The number of ether oxygens (including phenoxy) is 2. The molecule has 2 N–H and O–H groups in total. The van der Waals surface area contributed by atoms with Crippen LogP contribution in [0.2, 0.25) is 0 Å². The third-order valence-electron chi connectivity index (χ3n) is 3.14. The molecule has 0 radical (unpaired) electrons. The smallest absolute Gasteiger partial charge is 0.416 e. The van der Waals surface area contributed by atoms with Crippen LogP contribution in [0.25, 0.3) is 0 Å². The van der Waals surface area contributed by atoms with Crippen molar-refractivity contribution in [1.82, 2.24) is 5.32 Å². The number of alkyl halides is 3. The standard InChI is InChI=1S/C15H18F3NO4/c1-14(2,3)23-13(21)19-12-9-5-4-8(15(16,17)18)6-11(9)22-7-10(12)20/h4-6,10,12,20H,7H2,1-3H3,(H,19,21)/t10-,12+/m1/s1. The van der Waals surface area contributed by atoms with E-state index in [-0.39, 0.29) is 17.9 Å². The van der Waals surface area contributed by atoms with Crippen molar-refractivity contribution >= 4 is 6.09 Å². The highest BCUT2D eigenvalue weighted by atomic mass is 19.4. The lowest BCUT2D eigenvalue weighted by Gasteiger charge is -2.32. The Balaban J connectivity index is 2.25. The molecule has 0 saturated heterocycles. The van der Waals surface area contributed by atoms with E-state index in [0.717, 1.165) is 12.1 Å². The van der Waals surface area contributed by atoms with Crippen molar-refractivity contribution in [3.05, 3.63) is 29.3 Å². The zero-order valence-corrected chi connectivity index (χ0v) is 12.9. The zero-order chi connectivity index (χ0) is 17.4. The molecule has 0 aliphatic carbocycles. The van der Waals surface area contributed by atoms with Crippen LogP contribution < -0.4 is 10.1 Å².